The number of nitrogens with one attached hydrogen (secondary N) is 1. The van der Waals surface area contributed by atoms with E-state index < -0.39 is 0 Å². The molecule has 1 N–H and O–H groups in total. The normalized spacial score (nSPS) is 9.78. The predicted molar refractivity (Wildman–Crippen MR) is 73.7 cm³/mol. The van der Waals surface area contributed by atoms with Gasteiger partial charge in [0.05, 0.1) is 0 Å². The van der Waals surface area contributed by atoms with E-state index in [2.05, 4.69) is 5.32 Å². The summed E-state index contributed by atoms with van der Waals surface area (Å²) >= 11 is 5.89. The number of hydrogen-bond acceptors (Lipinski definition) is 2. The zero-order valence-electron chi connectivity index (χ0n) is 10.4. The third-order valence-corrected chi connectivity index (χ3v) is 2.83. The zero-order valence-corrected chi connectivity index (χ0v) is 11.9. The molecule has 6 heteroatoms. The smallest absolute Gasteiger partial charge is 0.223 e. The SMILES string of the molecule is CNCCC(=O)N(C)Cc1c(F)cccc1Cl.Cl. The van der Waals surface area contributed by atoms with Crippen molar-refractivity contribution in [3.8, 4) is 0 Å². The van der Waals surface area contributed by atoms with Gasteiger partial charge in [0.25, 0.3) is 0 Å². The van der Waals surface area contributed by atoms with Crippen molar-refractivity contribution < 1.29 is 9.18 Å². The van der Waals surface area contributed by atoms with Crippen molar-refractivity contribution in [3.05, 3.63) is 34.6 Å². The molecular formula is C12H17Cl2FN2O. The lowest BCUT2D eigenvalue weighted by Gasteiger charge is -2.18. The molecule has 0 bridgehead atoms. The first-order valence-electron chi connectivity index (χ1n) is 5.37. The standard InChI is InChI=1S/C12H16ClFN2O.ClH/c1-15-7-6-12(17)16(2)8-9-10(13)4-3-5-11(9)14;/h3-5,15H,6-8H2,1-2H3;1H. The van der Waals surface area contributed by atoms with E-state index >= 15 is 0 Å². The van der Waals surface area contributed by atoms with Gasteiger partial charge in [0, 0.05) is 37.1 Å². The second-order valence-electron chi connectivity index (χ2n) is 3.80. The Labute approximate surface area is 118 Å². The molecule has 0 aliphatic rings. The number of benzene rings is 1. The first-order valence-corrected chi connectivity index (χ1v) is 5.75. The van der Waals surface area contributed by atoms with Crippen LogP contribution in [0.2, 0.25) is 5.02 Å². The Morgan fingerprint density at radius 1 is 1.50 bits per heavy atom. The van der Waals surface area contributed by atoms with Gasteiger partial charge in [-0.3, -0.25) is 4.79 Å². The summed E-state index contributed by atoms with van der Waals surface area (Å²) in [7, 11) is 3.42. The number of carbonyl (C=O) groups excluding carboxylic acids is 1. The van der Waals surface area contributed by atoms with E-state index in [0.717, 1.165) is 0 Å². The highest BCUT2D eigenvalue weighted by atomic mass is 35.5. The largest absolute Gasteiger partial charge is 0.341 e. The molecule has 0 atom stereocenters. The maximum Gasteiger partial charge on any atom is 0.223 e. The average molecular weight is 295 g/mol. The summed E-state index contributed by atoms with van der Waals surface area (Å²) in [5.41, 5.74) is 0.356. The van der Waals surface area contributed by atoms with E-state index in [0.29, 0.717) is 23.6 Å². The number of carbonyl (C=O) groups is 1. The summed E-state index contributed by atoms with van der Waals surface area (Å²) in [6.45, 7) is 0.794. The van der Waals surface area contributed by atoms with Gasteiger partial charge in [0.15, 0.2) is 0 Å². The van der Waals surface area contributed by atoms with Crippen molar-refractivity contribution in [2.45, 2.75) is 13.0 Å². The lowest BCUT2D eigenvalue weighted by Crippen LogP contribution is -2.29. The van der Waals surface area contributed by atoms with Crippen LogP contribution in [-0.2, 0) is 11.3 Å². The molecule has 0 heterocycles. The van der Waals surface area contributed by atoms with Crippen molar-refractivity contribution in [1.82, 2.24) is 10.2 Å². The molecule has 102 valence electrons. The Morgan fingerprint density at radius 2 is 2.17 bits per heavy atom. The average Bonchev–Trinajstić information content (AvgIpc) is 2.30. The highest BCUT2D eigenvalue weighted by molar-refractivity contribution is 6.31. The molecule has 0 aliphatic heterocycles. The minimum atomic E-state index is -0.384. The quantitative estimate of drug-likeness (QED) is 0.905. The second-order valence-corrected chi connectivity index (χ2v) is 4.21. The summed E-state index contributed by atoms with van der Waals surface area (Å²) in [4.78, 5) is 13.1. The van der Waals surface area contributed by atoms with Crippen LogP contribution in [0.15, 0.2) is 18.2 Å². The van der Waals surface area contributed by atoms with Crippen LogP contribution in [0.5, 0.6) is 0 Å². The first kappa shape index (κ1) is 17.2. The number of nitrogens with zero attached hydrogens (tertiary/aromatic N) is 1. The Kier molecular flexibility index (Phi) is 7.91. The molecule has 0 spiro atoms. The van der Waals surface area contributed by atoms with Crippen LogP contribution < -0.4 is 5.32 Å². The number of hydrogen-bond donors (Lipinski definition) is 1. The molecule has 0 aliphatic carbocycles. The summed E-state index contributed by atoms with van der Waals surface area (Å²) < 4.78 is 13.5. The van der Waals surface area contributed by atoms with Gasteiger partial charge in [0.2, 0.25) is 5.91 Å². The Morgan fingerprint density at radius 3 is 2.72 bits per heavy atom. The van der Waals surface area contributed by atoms with E-state index in [4.69, 9.17) is 11.6 Å². The number of amides is 1. The maximum atomic E-state index is 13.5. The van der Waals surface area contributed by atoms with Gasteiger partial charge in [-0.2, -0.15) is 0 Å². The maximum absolute atomic E-state index is 13.5. The first-order chi connectivity index (χ1) is 8.06. The van der Waals surface area contributed by atoms with Crippen LogP contribution in [-0.4, -0.2) is 31.4 Å². The zero-order chi connectivity index (χ0) is 12.8. The molecule has 0 fully saturated rings. The van der Waals surface area contributed by atoms with Gasteiger partial charge in [-0.1, -0.05) is 17.7 Å². The molecular weight excluding hydrogens is 278 g/mol. The van der Waals surface area contributed by atoms with Gasteiger partial charge in [-0.15, -0.1) is 12.4 Å². The lowest BCUT2D eigenvalue weighted by atomic mass is 10.2. The molecule has 0 aromatic heterocycles. The van der Waals surface area contributed by atoms with Gasteiger partial charge in [-0.05, 0) is 19.2 Å². The monoisotopic (exact) mass is 294 g/mol. The molecule has 1 amide bonds. The number of rotatable bonds is 5. The van der Waals surface area contributed by atoms with Crippen molar-refractivity contribution >= 4 is 29.9 Å². The second kappa shape index (κ2) is 8.29. The molecule has 0 unspecified atom stereocenters. The minimum absolute atomic E-state index is 0. The fourth-order valence-corrected chi connectivity index (χ4v) is 1.65. The van der Waals surface area contributed by atoms with E-state index in [1.165, 1.54) is 11.0 Å². The van der Waals surface area contributed by atoms with Crippen LogP contribution in [0, 0.1) is 5.82 Å². The van der Waals surface area contributed by atoms with Gasteiger partial charge in [0.1, 0.15) is 5.82 Å². The molecule has 0 saturated carbocycles. The third-order valence-electron chi connectivity index (χ3n) is 2.47. The molecule has 1 aromatic rings. The summed E-state index contributed by atoms with van der Waals surface area (Å²) in [6, 6.07) is 4.50. The number of halogens is 3. The summed E-state index contributed by atoms with van der Waals surface area (Å²) in [5.74, 6) is -0.426. The van der Waals surface area contributed by atoms with Crippen LogP contribution >= 0.6 is 24.0 Å². The van der Waals surface area contributed by atoms with E-state index in [1.54, 1.807) is 26.2 Å². The minimum Gasteiger partial charge on any atom is -0.341 e. The van der Waals surface area contributed by atoms with Crippen molar-refractivity contribution in [2.24, 2.45) is 0 Å². The topological polar surface area (TPSA) is 32.3 Å². The fourth-order valence-electron chi connectivity index (χ4n) is 1.43. The molecule has 0 saturated heterocycles. The highest BCUT2D eigenvalue weighted by Gasteiger charge is 2.13. The van der Waals surface area contributed by atoms with E-state index in [-0.39, 0.29) is 30.7 Å². The Bertz CT molecular complexity index is 381. The summed E-state index contributed by atoms with van der Waals surface area (Å²) in [6.07, 6.45) is 0.388. The van der Waals surface area contributed by atoms with Gasteiger partial charge in [-0.25, -0.2) is 4.39 Å². The lowest BCUT2D eigenvalue weighted by molar-refractivity contribution is -0.130. The molecule has 18 heavy (non-hydrogen) atoms. The fraction of sp³-hybridized carbons (Fsp3) is 0.417. The van der Waals surface area contributed by atoms with Gasteiger partial charge >= 0.3 is 0 Å². The van der Waals surface area contributed by atoms with Crippen LogP contribution in [0.3, 0.4) is 0 Å². The van der Waals surface area contributed by atoms with Crippen LogP contribution in [0.1, 0.15) is 12.0 Å². The Balaban J connectivity index is 0.00000289. The van der Waals surface area contributed by atoms with Crippen LogP contribution in [0.4, 0.5) is 4.39 Å². The highest BCUT2D eigenvalue weighted by Crippen LogP contribution is 2.20. The van der Waals surface area contributed by atoms with Crippen molar-refractivity contribution in [1.29, 1.82) is 0 Å². The van der Waals surface area contributed by atoms with Crippen molar-refractivity contribution in [3.63, 3.8) is 0 Å². The van der Waals surface area contributed by atoms with Gasteiger partial charge < -0.3 is 10.2 Å². The molecule has 0 radical (unpaired) electrons. The predicted octanol–water partition coefficient (Wildman–Crippen LogP) is 2.47. The Hall–Kier alpha value is -0.840. The molecule has 1 rings (SSSR count). The molecule has 3 nitrogen and oxygen atoms in total. The van der Waals surface area contributed by atoms with Crippen LogP contribution in [0.25, 0.3) is 0 Å². The van der Waals surface area contributed by atoms with Crippen molar-refractivity contribution in [2.75, 3.05) is 20.6 Å². The summed E-state index contributed by atoms with van der Waals surface area (Å²) in [5, 5.41) is 3.24. The van der Waals surface area contributed by atoms with E-state index in [1.807, 2.05) is 0 Å². The third kappa shape index (κ3) is 4.80. The molecule has 1 aromatic carbocycles. The van der Waals surface area contributed by atoms with E-state index in [9.17, 15) is 9.18 Å².